The maximum Gasteiger partial charge on any atom is 0.416 e. The van der Waals surface area contributed by atoms with Gasteiger partial charge in [-0.05, 0) is 49.7 Å². The summed E-state index contributed by atoms with van der Waals surface area (Å²) in [4.78, 5) is 56.2. The van der Waals surface area contributed by atoms with Gasteiger partial charge in [-0.3, -0.25) is 19.2 Å². The van der Waals surface area contributed by atoms with E-state index in [0.29, 0.717) is 0 Å². The number of nitriles is 1. The first kappa shape index (κ1) is 33.0. The number of benzene rings is 2. The fourth-order valence-electron chi connectivity index (χ4n) is 4.37. The Balaban J connectivity index is 2.80. The van der Waals surface area contributed by atoms with E-state index in [1.807, 2.05) is 6.07 Å². The van der Waals surface area contributed by atoms with Crippen molar-refractivity contribution >= 4 is 29.3 Å². The number of ketones is 1. The Kier molecular flexibility index (Phi) is 11.6. The monoisotopic (exact) mass is 575 g/mol. The summed E-state index contributed by atoms with van der Waals surface area (Å²) in [7, 11) is 4.01. The molecule has 0 aliphatic rings. The van der Waals surface area contributed by atoms with Gasteiger partial charge >= 0.3 is 12.1 Å². The lowest BCUT2D eigenvalue weighted by atomic mass is 9.73. The van der Waals surface area contributed by atoms with Gasteiger partial charge in [-0.2, -0.15) is 18.4 Å². The number of alkyl halides is 3. The number of methoxy groups -OCH3 is 1. The van der Waals surface area contributed by atoms with Gasteiger partial charge in [0.1, 0.15) is 17.6 Å². The highest BCUT2D eigenvalue weighted by molar-refractivity contribution is 6.10. The van der Waals surface area contributed by atoms with Crippen molar-refractivity contribution in [2.24, 2.45) is 11.8 Å². The molecule has 2 amide bonds. The molecule has 0 heterocycles. The van der Waals surface area contributed by atoms with Crippen molar-refractivity contribution < 1.29 is 41.8 Å². The summed E-state index contributed by atoms with van der Waals surface area (Å²) < 4.78 is 50.4. The highest BCUT2D eigenvalue weighted by Gasteiger charge is 2.48. The molecule has 2 rings (SSSR count). The number of halogens is 3. The van der Waals surface area contributed by atoms with Crippen LogP contribution in [0.5, 0.6) is 0 Å². The van der Waals surface area contributed by atoms with Crippen LogP contribution < -0.4 is 4.90 Å². The average Bonchev–Trinajstić information content (AvgIpc) is 2.94. The molecular weight excluding hydrogens is 543 g/mol. The molecule has 2 aromatic carbocycles. The topological polar surface area (TPSA) is 117 Å². The van der Waals surface area contributed by atoms with Crippen LogP contribution in [0.3, 0.4) is 0 Å². The zero-order chi connectivity index (χ0) is 30.9. The van der Waals surface area contributed by atoms with Crippen LogP contribution >= 0.6 is 0 Å². The van der Waals surface area contributed by atoms with Crippen LogP contribution in [0.4, 0.5) is 18.9 Å². The van der Waals surface area contributed by atoms with Crippen molar-refractivity contribution in [2.45, 2.75) is 25.9 Å². The third-order valence-corrected chi connectivity index (χ3v) is 6.55. The first-order valence-electron chi connectivity index (χ1n) is 12.6. The number of carbonyl (C=O) groups is 4. The number of ether oxygens (including phenoxy) is 2. The molecule has 12 heteroatoms. The summed E-state index contributed by atoms with van der Waals surface area (Å²) in [6, 6.07) is 11.6. The van der Waals surface area contributed by atoms with Crippen molar-refractivity contribution in [1.29, 1.82) is 5.26 Å². The van der Waals surface area contributed by atoms with Gasteiger partial charge in [-0.15, -0.1) is 0 Å². The predicted molar refractivity (Wildman–Crippen MR) is 143 cm³/mol. The lowest BCUT2D eigenvalue weighted by molar-refractivity contribution is -0.154. The second kappa shape index (κ2) is 14.4. The number of carbonyl (C=O) groups excluding carboxylic acids is 4. The third-order valence-electron chi connectivity index (χ3n) is 6.55. The fraction of sp³-hybridized carbons (Fsp3) is 0.414. The molecule has 0 saturated heterocycles. The summed E-state index contributed by atoms with van der Waals surface area (Å²) in [5, 5.41) is 9.25. The quantitative estimate of drug-likeness (QED) is 0.279. The number of Topliss-reactive ketones (excluding diaryl/α,β-unsaturated/α-hetero) is 1. The number of amides is 2. The van der Waals surface area contributed by atoms with Crippen molar-refractivity contribution in [3.63, 3.8) is 0 Å². The number of anilines is 1. The molecule has 3 unspecified atom stereocenters. The maximum atomic E-state index is 14.1. The molecule has 220 valence electrons. The normalized spacial score (nSPS) is 13.3. The lowest BCUT2D eigenvalue weighted by Gasteiger charge is -2.35. The second-order valence-electron chi connectivity index (χ2n) is 9.28. The van der Waals surface area contributed by atoms with E-state index in [4.69, 9.17) is 9.47 Å². The summed E-state index contributed by atoms with van der Waals surface area (Å²) in [5.74, 6) is -8.20. The Labute approximate surface area is 236 Å². The van der Waals surface area contributed by atoms with Crippen LogP contribution in [0.2, 0.25) is 0 Å². The van der Waals surface area contributed by atoms with Crippen molar-refractivity contribution in [3.8, 4) is 6.07 Å². The number of nitrogens with zero attached hydrogens (tertiary/aromatic N) is 3. The number of rotatable bonds is 12. The zero-order valence-corrected chi connectivity index (χ0v) is 23.4. The molecule has 0 saturated carbocycles. The van der Waals surface area contributed by atoms with Gasteiger partial charge in [0.2, 0.25) is 11.8 Å². The molecular formula is C29H32F3N3O6. The largest absolute Gasteiger partial charge is 0.465 e. The Bertz CT molecular complexity index is 1290. The van der Waals surface area contributed by atoms with Crippen LogP contribution in [-0.4, -0.2) is 69.4 Å². The third kappa shape index (κ3) is 8.14. The van der Waals surface area contributed by atoms with Crippen molar-refractivity contribution in [1.82, 2.24) is 4.90 Å². The Morgan fingerprint density at radius 3 is 2.15 bits per heavy atom. The van der Waals surface area contributed by atoms with Crippen LogP contribution in [0.1, 0.15) is 36.5 Å². The van der Waals surface area contributed by atoms with Crippen molar-refractivity contribution in [2.75, 3.05) is 45.9 Å². The minimum atomic E-state index is -4.69. The molecule has 9 nitrogen and oxygen atoms in total. The summed E-state index contributed by atoms with van der Waals surface area (Å²) in [6.07, 6.45) is -4.69. The summed E-state index contributed by atoms with van der Waals surface area (Å²) >= 11 is 0. The smallest absolute Gasteiger partial charge is 0.416 e. The molecule has 0 fully saturated rings. The molecule has 2 aromatic rings. The highest BCUT2D eigenvalue weighted by Crippen LogP contribution is 2.38. The number of likely N-dealkylation sites (N-methyl/N-ethyl adjacent to an activating group) is 1. The van der Waals surface area contributed by atoms with Crippen LogP contribution in [0.25, 0.3) is 0 Å². The number of esters is 1. The summed E-state index contributed by atoms with van der Waals surface area (Å²) in [5.41, 5.74) is -0.708. The first-order chi connectivity index (χ1) is 19.3. The van der Waals surface area contributed by atoms with Gasteiger partial charge in [-0.1, -0.05) is 18.2 Å². The SMILES string of the molecule is CCOC(=O)C(C(C)=O)C(c1ccc(C#N)cc1)C(C(=O)N(C)CCOC)C(=O)N(C)c1cccc(C(F)(F)F)c1. The minimum absolute atomic E-state index is 0.0383. The van der Waals surface area contributed by atoms with E-state index in [2.05, 4.69) is 0 Å². The van der Waals surface area contributed by atoms with Gasteiger partial charge < -0.3 is 19.3 Å². The number of hydrogen-bond acceptors (Lipinski definition) is 7. The van der Waals surface area contributed by atoms with Crippen LogP contribution in [0.15, 0.2) is 48.5 Å². The van der Waals surface area contributed by atoms with Gasteiger partial charge in [0.15, 0.2) is 0 Å². The van der Waals surface area contributed by atoms with E-state index in [9.17, 15) is 37.6 Å². The highest BCUT2D eigenvalue weighted by atomic mass is 19.4. The Hall–Kier alpha value is -4.24. The second-order valence-corrected chi connectivity index (χ2v) is 9.28. The molecule has 41 heavy (non-hydrogen) atoms. The molecule has 0 bridgehead atoms. The van der Waals surface area contributed by atoms with E-state index < -0.39 is 53.1 Å². The Morgan fingerprint density at radius 2 is 1.63 bits per heavy atom. The van der Waals surface area contributed by atoms with E-state index in [1.165, 1.54) is 63.4 Å². The van der Waals surface area contributed by atoms with E-state index in [0.717, 1.165) is 30.0 Å². The molecule has 0 aliphatic carbocycles. The maximum absolute atomic E-state index is 14.1. The van der Waals surface area contributed by atoms with Gasteiger partial charge in [-0.25, -0.2) is 0 Å². The molecule has 0 aliphatic heterocycles. The fourth-order valence-corrected chi connectivity index (χ4v) is 4.37. The van der Waals surface area contributed by atoms with Crippen LogP contribution in [-0.2, 0) is 34.8 Å². The lowest BCUT2D eigenvalue weighted by Crippen LogP contribution is -2.50. The van der Waals surface area contributed by atoms with E-state index >= 15 is 0 Å². The molecule has 0 N–H and O–H groups in total. The van der Waals surface area contributed by atoms with E-state index in [-0.39, 0.29) is 36.6 Å². The first-order valence-corrected chi connectivity index (χ1v) is 12.6. The molecule has 0 aromatic heterocycles. The predicted octanol–water partition coefficient (Wildman–Crippen LogP) is 3.81. The average molecular weight is 576 g/mol. The standard InChI is InChI=1S/C29H32F3N3O6/c1-6-41-28(39)23(18(2)36)24(20-12-10-19(17-33)11-13-20)25(26(37)34(3)14-15-40-5)27(38)35(4)22-9-7-8-21(16-22)29(30,31)32/h7-13,16,23-25H,6,14-15H2,1-5H3. The molecule has 3 atom stereocenters. The number of hydrogen-bond donors (Lipinski definition) is 0. The van der Waals surface area contributed by atoms with Crippen molar-refractivity contribution in [3.05, 3.63) is 65.2 Å². The van der Waals surface area contributed by atoms with Gasteiger partial charge in [0.05, 0.1) is 30.4 Å². The zero-order valence-electron chi connectivity index (χ0n) is 23.4. The van der Waals surface area contributed by atoms with E-state index in [1.54, 1.807) is 0 Å². The van der Waals surface area contributed by atoms with Gasteiger partial charge in [0.25, 0.3) is 0 Å². The molecule has 0 radical (unpaired) electrons. The minimum Gasteiger partial charge on any atom is -0.465 e. The summed E-state index contributed by atoms with van der Waals surface area (Å²) in [6.45, 7) is 2.70. The van der Waals surface area contributed by atoms with Crippen LogP contribution in [0, 0.1) is 23.2 Å². The Morgan fingerprint density at radius 1 is 1.00 bits per heavy atom. The molecule has 0 spiro atoms. The van der Waals surface area contributed by atoms with Gasteiger partial charge in [0, 0.05) is 39.4 Å².